The van der Waals surface area contributed by atoms with E-state index in [1.165, 1.54) is 5.56 Å². The van der Waals surface area contributed by atoms with Crippen LogP contribution >= 0.6 is 0 Å². The number of ether oxygens (including phenoxy) is 1. The van der Waals surface area contributed by atoms with Crippen LogP contribution in [0.3, 0.4) is 0 Å². The number of nitrogens with zero attached hydrogens (tertiary/aromatic N) is 3. The van der Waals surface area contributed by atoms with Gasteiger partial charge in [0.1, 0.15) is 0 Å². The fourth-order valence-corrected chi connectivity index (χ4v) is 6.12. The van der Waals surface area contributed by atoms with Gasteiger partial charge >= 0.3 is 0 Å². The first-order valence-electron chi connectivity index (χ1n) is 14.9. The summed E-state index contributed by atoms with van der Waals surface area (Å²) in [4.78, 5) is 36.0. The van der Waals surface area contributed by atoms with Gasteiger partial charge in [0.25, 0.3) is 5.91 Å². The molecule has 4 aromatic rings. The number of aromatic nitrogens is 2. The molecule has 2 aliphatic rings. The lowest BCUT2D eigenvalue weighted by Gasteiger charge is -2.24. The van der Waals surface area contributed by atoms with Crippen molar-refractivity contribution in [3.8, 4) is 0 Å². The average molecular weight is 573 g/mol. The Morgan fingerprint density at radius 2 is 1.77 bits per heavy atom. The largest absolute Gasteiger partial charge is 0.381 e. The van der Waals surface area contributed by atoms with E-state index in [9.17, 15) is 9.59 Å². The Morgan fingerprint density at radius 1 is 0.953 bits per heavy atom. The van der Waals surface area contributed by atoms with Crippen molar-refractivity contribution in [2.75, 3.05) is 25.6 Å². The van der Waals surface area contributed by atoms with Gasteiger partial charge in [-0.1, -0.05) is 43.0 Å². The molecular formula is C36H36N4O3. The minimum Gasteiger partial charge on any atom is -0.381 e. The molecule has 2 aliphatic heterocycles. The molecule has 0 aliphatic carbocycles. The molecule has 0 radical (unpaired) electrons. The van der Waals surface area contributed by atoms with Gasteiger partial charge in [-0.3, -0.25) is 19.9 Å². The van der Waals surface area contributed by atoms with E-state index in [1.54, 1.807) is 31.3 Å². The molecule has 3 aromatic carbocycles. The Balaban J connectivity index is 1.52. The maximum absolute atomic E-state index is 13.6. The van der Waals surface area contributed by atoms with E-state index in [4.69, 9.17) is 9.72 Å². The quantitative estimate of drug-likeness (QED) is 0.258. The number of imidazole rings is 1. The van der Waals surface area contributed by atoms with Gasteiger partial charge in [0.05, 0.1) is 23.3 Å². The smallest absolute Gasteiger partial charge is 0.257 e. The molecule has 7 heteroatoms. The highest BCUT2D eigenvalue weighted by molar-refractivity contribution is 6.14. The summed E-state index contributed by atoms with van der Waals surface area (Å²) in [5, 5.41) is 3.09. The van der Waals surface area contributed by atoms with Crippen LogP contribution in [0.1, 0.15) is 64.2 Å². The fourth-order valence-electron chi connectivity index (χ4n) is 6.12. The van der Waals surface area contributed by atoms with Crippen molar-refractivity contribution in [1.29, 1.82) is 0 Å². The number of benzene rings is 3. The van der Waals surface area contributed by atoms with Crippen LogP contribution in [0.25, 0.3) is 11.0 Å². The summed E-state index contributed by atoms with van der Waals surface area (Å²) in [5.74, 6) is 0.460. The van der Waals surface area contributed by atoms with Crippen molar-refractivity contribution in [3.05, 3.63) is 119 Å². The predicted octanol–water partition coefficient (Wildman–Crippen LogP) is 6.67. The number of carbonyl (C=O) groups is 2. The molecule has 1 saturated heterocycles. The van der Waals surface area contributed by atoms with Gasteiger partial charge in [0, 0.05) is 32.2 Å². The summed E-state index contributed by atoms with van der Waals surface area (Å²) in [7, 11) is 1.74. The van der Waals surface area contributed by atoms with Crippen LogP contribution in [-0.2, 0) is 22.5 Å². The second-order valence-electron chi connectivity index (χ2n) is 11.3. The number of fused-ring (bicyclic) bond motifs is 7. The number of nitrogens with one attached hydrogen (secondary N) is 1. The zero-order chi connectivity index (χ0) is 29.8. The summed E-state index contributed by atoms with van der Waals surface area (Å²) in [5.41, 5.74) is 7.60. The number of carbonyl (C=O) groups excluding carboxylic acids is 2. The molecule has 1 amide bonds. The number of ketones is 1. The van der Waals surface area contributed by atoms with Gasteiger partial charge in [-0.05, 0) is 102 Å². The zero-order valence-electron chi connectivity index (χ0n) is 24.5. The van der Waals surface area contributed by atoms with Gasteiger partial charge in [-0.2, -0.15) is 0 Å². The van der Waals surface area contributed by atoms with Crippen LogP contribution in [0.2, 0.25) is 0 Å². The molecule has 0 atom stereocenters. The van der Waals surface area contributed by atoms with Gasteiger partial charge in [-0.25, -0.2) is 4.98 Å². The number of rotatable bonds is 1. The number of anilines is 1. The van der Waals surface area contributed by atoms with Crippen LogP contribution < -0.4 is 5.32 Å². The van der Waals surface area contributed by atoms with E-state index in [0.717, 1.165) is 72.3 Å². The molecule has 1 fully saturated rings. The number of hydrogen-bond donors (Lipinski definition) is 1. The number of allylic oxidation sites excluding steroid dienone is 3. The summed E-state index contributed by atoms with van der Waals surface area (Å²) in [6.07, 6.45) is 7.77. The summed E-state index contributed by atoms with van der Waals surface area (Å²) >= 11 is 0. The zero-order valence-corrected chi connectivity index (χ0v) is 24.5. The topological polar surface area (TPSA) is 85.6 Å². The lowest BCUT2D eigenvalue weighted by molar-refractivity contribution is -0.111. The van der Waals surface area contributed by atoms with Crippen molar-refractivity contribution >= 4 is 34.4 Å². The Bertz CT molecular complexity index is 1760. The molecule has 6 rings (SSSR count). The van der Waals surface area contributed by atoms with E-state index < -0.39 is 0 Å². The minimum absolute atomic E-state index is 0.166. The Kier molecular flexibility index (Phi) is 8.43. The van der Waals surface area contributed by atoms with Crippen LogP contribution in [0.5, 0.6) is 0 Å². The third-order valence-corrected chi connectivity index (χ3v) is 8.36. The van der Waals surface area contributed by atoms with E-state index >= 15 is 0 Å². The maximum atomic E-state index is 13.6. The molecular weight excluding hydrogens is 536 g/mol. The molecule has 43 heavy (non-hydrogen) atoms. The minimum atomic E-state index is -0.256. The highest BCUT2D eigenvalue weighted by Gasteiger charge is 2.21. The highest BCUT2D eigenvalue weighted by Crippen LogP contribution is 2.33. The normalized spacial score (nSPS) is 18.2. The van der Waals surface area contributed by atoms with Crippen LogP contribution in [0, 0.1) is 0 Å². The second-order valence-corrected chi connectivity index (χ2v) is 11.3. The average Bonchev–Trinajstić information content (AvgIpc) is 3.33. The van der Waals surface area contributed by atoms with Crippen molar-refractivity contribution in [3.63, 3.8) is 0 Å². The second kappa shape index (κ2) is 12.7. The summed E-state index contributed by atoms with van der Waals surface area (Å²) in [6.45, 7) is 6.11. The number of hydrogen-bond acceptors (Lipinski definition) is 5. The van der Waals surface area contributed by atoms with Crippen LogP contribution in [0.15, 0.2) is 96.0 Å². The lowest BCUT2D eigenvalue weighted by Crippen LogP contribution is -2.18. The monoisotopic (exact) mass is 572 g/mol. The molecule has 7 nitrogen and oxygen atoms in total. The molecule has 1 aromatic heterocycles. The van der Waals surface area contributed by atoms with E-state index in [0.29, 0.717) is 36.0 Å². The lowest BCUT2D eigenvalue weighted by atomic mass is 9.85. The number of amides is 1. The van der Waals surface area contributed by atoms with E-state index in [-0.39, 0.29) is 11.7 Å². The van der Waals surface area contributed by atoms with Gasteiger partial charge in [-0.15, -0.1) is 0 Å². The molecule has 4 bridgehead atoms. The van der Waals surface area contributed by atoms with Gasteiger partial charge in [0.2, 0.25) is 5.95 Å². The maximum Gasteiger partial charge on any atom is 0.257 e. The molecule has 3 heterocycles. The fraction of sp³-hybridized carbons (Fsp3) is 0.278. The Hall–Kier alpha value is -4.62. The van der Waals surface area contributed by atoms with E-state index in [2.05, 4.69) is 39.7 Å². The van der Waals surface area contributed by atoms with Crippen molar-refractivity contribution in [2.24, 2.45) is 4.99 Å². The van der Waals surface area contributed by atoms with Crippen LogP contribution in [0.4, 0.5) is 5.95 Å². The van der Waals surface area contributed by atoms with Gasteiger partial charge in [0.15, 0.2) is 5.78 Å². The number of aliphatic imine (C=N–C) groups is 1. The molecule has 0 spiro atoms. The van der Waals surface area contributed by atoms with Crippen LogP contribution in [-0.4, -0.2) is 47.2 Å². The summed E-state index contributed by atoms with van der Waals surface area (Å²) < 4.78 is 7.82. The molecule has 0 saturated carbocycles. The Morgan fingerprint density at radius 3 is 2.58 bits per heavy atom. The third kappa shape index (κ3) is 6.27. The van der Waals surface area contributed by atoms with Gasteiger partial charge < -0.3 is 9.30 Å². The number of para-hydroxylation sites is 2. The first-order valence-corrected chi connectivity index (χ1v) is 14.9. The SMILES string of the molecule is C=C1Cc2cccc(c2)C(=O)Nc2nc3ccccc3n2Cc2cc(ccc2C2CCCOCCC2)C(=NC)C=CC1=O. The summed E-state index contributed by atoms with van der Waals surface area (Å²) in [6, 6.07) is 21.8. The van der Waals surface area contributed by atoms with Crippen molar-refractivity contribution < 1.29 is 14.3 Å². The first kappa shape index (κ1) is 28.5. The molecule has 218 valence electrons. The molecule has 0 unspecified atom stereocenters. The van der Waals surface area contributed by atoms with Crippen molar-refractivity contribution in [2.45, 2.75) is 44.6 Å². The van der Waals surface area contributed by atoms with Crippen molar-refractivity contribution in [1.82, 2.24) is 9.55 Å². The Labute approximate surface area is 252 Å². The highest BCUT2D eigenvalue weighted by atomic mass is 16.5. The first-order chi connectivity index (χ1) is 21.0. The standard InChI is InChI=1S/C36H36N4O3/c1-24-20-25-8-5-9-28(21-25)35(42)39-36-38-32-12-3-4-13-33(32)40(36)23-29-22-27(31(37-2)16-17-34(24)41)14-15-30(29)26-10-6-18-43-19-7-11-26/h3-5,8-9,12-17,21-22,26H,1,6-7,10-11,18-20,23H2,2H3,(H,38,39,42). The molecule has 1 N–H and O–H groups in total. The predicted molar refractivity (Wildman–Crippen MR) is 171 cm³/mol. The van der Waals surface area contributed by atoms with E-state index in [1.807, 2.05) is 36.4 Å². The third-order valence-electron chi connectivity index (χ3n) is 8.36.